The predicted octanol–water partition coefficient (Wildman–Crippen LogP) is 5.78. The minimum absolute atomic E-state index is 0.0234. The number of rotatable bonds is 4. The summed E-state index contributed by atoms with van der Waals surface area (Å²) in [7, 11) is 2.16. The van der Waals surface area contributed by atoms with E-state index in [1.54, 1.807) is 0 Å². The first-order valence-corrected chi connectivity index (χ1v) is 9.17. The Morgan fingerprint density at radius 1 is 1.15 bits per heavy atom. The molecule has 0 saturated heterocycles. The number of fused-ring (bicyclic) bond motifs is 1. The first-order chi connectivity index (χ1) is 12.3. The fourth-order valence-electron chi connectivity index (χ4n) is 3.44. The Kier molecular flexibility index (Phi) is 4.90. The number of nitrogens with zero attached hydrogens (tertiary/aromatic N) is 2. The number of para-hydroxylation sites is 2. The second-order valence-electron chi connectivity index (χ2n) is 7.42. The van der Waals surface area contributed by atoms with Crippen LogP contribution in [0.15, 0.2) is 47.5 Å². The number of anilines is 1. The Bertz CT molecular complexity index is 878. The van der Waals surface area contributed by atoms with Crippen molar-refractivity contribution in [2.24, 2.45) is 4.99 Å². The predicted molar refractivity (Wildman–Crippen MR) is 112 cm³/mol. The van der Waals surface area contributed by atoms with Crippen molar-refractivity contribution in [3.63, 3.8) is 0 Å². The highest BCUT2D eigenvalue weighted by Crippen LogP contribution is 2.39. The second-order valence-corrected chi connectivity index (χ2v) is 7.42. The molecule has 136 valence electrons. The zero-order valence-corrected chi connectivity index (χ0v) is 16.6. The number of aliphatic imine (C=N–C) groups is 1. The summed E-state index contributed by atoms with van der Waals surface area (Å²) >= 11 is 0. The third-order valence-electron chi connectivity index (χ3n) is 5.11. The van der Waals surface area contributed by atoms with E-state index in [0.29, 0.717) is 6.61 Å². The van der Waals surface area contributed by atoms with Crippen LogP contribution < -0.4 is 9.64 Å². The molecule has 26 heavy (non-hydrogen) atoms. The maximum absolute atomic E-state index is 5.67. The minimum atomic E-state index is 0.0234. The van der Waals surface area contributed by atoms with Crippen LogP contribution in [0.2, 0.25) is 0 Å². The summed E-state index contributed by atoms with van der Waals surface area (Å²) in [5, 5.41) is 0. The molecule has 0 fully saturated rings. The summed E-state index contributed by atoms with van der Waals surface area (Å²) in [5.41, 5.74) is 7.10. The van der Waals surface area contributed by atoms with Crippen molar-refractivity contribution in [1.82, 2.24) is 0 Å². The number of aryl methyl sites for hydroxylation is 1. The van der Waals surface area contributed by atoms with Crippen LogP contribution in [0.4, 0.5) is 11.4 Å². The molecule has 0 saturated carbocycles. The molecule has 2 aromatic carbocycles. The molecular weight excluding hydrogens is 320 g/mol. The number of hydrogen-bond acceptors (Lipinski definition) is 3. The maximum atomic E-state index is 5.67. The van der Waals surface area contributed by atoms with Crippen molar-refractivity contribution in [3.8, 4) is 5.75 Å². The van der Waals surface area contributed by atoms with Crippen molar-refractivity contribution in [1.29, 1.82) is 0 Å². The normalized spacial score (nSPS) is 15.8. The van der Waals surface area contributed by atoms with Crippen molar-refractivity contribution in [2.75, 3.05) is 18.6 Å². The summed E-state index contributed by atoms with van der Waals surface area (Å²) in [4.78, 5) is 7.04. The van der Waals surface area contributed by atoms with Crippen LogP contribution in [0.25, 0.3) is 5.57 Å². The Hall–Kier alpha value is -2.55. The Morgan fingerprint density at radius 2 is 1.88 bits per heavy atom. The molecule has 2 aromatic rings. The zero-order chi connectivity index (χ0) is 18.9. The molecule has 0 N–H and O–H groups in total. The van der Waals surface area contributed by atoms with Crippen LogP contribution in [0.3, 0.4) is 0 Å². The Labute approximate surface area is 157 Å². The molecule has 1 heterocycles. The van der Waals surface area contributed by atoms with E-state index in [2.05, 4.69) is 57.9 Å². The van der Waals surface area contributed by atoms with E-state index in [1.807, 2.05) is 37.4 Å². The van der Waals surface area contributed by atoms with E-state index in [4.69, 9.17) is 9.73 Å². The van der Waals surface area contributed by atoms with Gasteiger partial charge in [0.1, 0.15) is 11.4 Å². The minimum Gasteiger partial charge on any atom is -0.492 e. The van der Waals surface area contributed by atoms with Crippen LogP contribution >= 0.6 is 0 Å². The van der Waals surface area contributed by atoms with Crippen molar-refractivity contribution >= 4 is 23.2 Å². The fourth-order valence-corrected chi connectivity index (χ4v) is 3.44. The molecule has 3 rings (SSSR count). The lowest BCUT2D eigenvalue weighted by Crippen LogP contribution is -2.42. The van der Waals surface area contributed by atoms with Gasteiger partial charge in [0.15, 0.2) is 0 Å². The molecule has 3 heteroatoms. The topological polar surface area (TPSA) is 24.8 Å². The molecule has 0 aromatic heterocycles. The first kappa shape index (κ1) is 18.2. The maximum Gasteiger partial charge on any atom is 0.144 e. The summed E-state index contributed by atoms with van der Waals surface area (Å²) in [6, 6.07) is 12.4. The monoisotopic (exact) mass is 348 g/mol. The summed E-state index contributed by atoms with van der Waals surface area (Å²) in [6.07, 6.45) is 4.27. The summed E-state index contributed by atoms with van der Waals surface area (Å²) < 4.78 is 5.67. The summed E-state index contributed by atoms with van der Waals surface area (Å²) in [5.74, 6) is 0.819. The van der Waals surface area contributed by atoms with Crippen molar-refractivity contribution < 1.29 is 4.74 Å². The van der Waals surface area contributed by atoms with Crippen LogP contribution in [-0.2, 0) is 0 Å². The molecule has 0 spiro atoms. The van der Waals surface area contributed by atoms with Crippen LogP contribution in [0, 0.1) is 6.92 Å². The number of benzene rings is 2. The molecule has 1 aliphatic heterocycles. The molecular formula is C23H28N2O. The molecule has 1 aliphatic rings. The molecule has 0 radical (unpaired) electrons. The van der Waals surface area contributed by atoms with Gasteiger partial charge in [-0.1, -0.05) is 18.2 Å². The number of likely N-dealkylation sites (N-methyl/N-ethyl adjacent to an activating group) is 1. The third kappa shape index (κ3) is 3.39. The van der Waals surface area contributed by atoms with Gasteiger partial charge in [0.25, 0.3) is 0 Å². The highest BCUT2D eigenvalue weighted by molar-refractivity contribution is 5.90. The van der Waals surface area contributed by atoms with Gasteiger partial charge >= 0.3 is 0 Å². The van der Waals surface area contributed by atoms with Gasteiger partial charge in [0.2, 0.25) is 0 Å². The molecule has 3 nitrogen and oxygen atoms in total. The number of allylic oxidation sites excluding steroid dienone is 1. The lowest BCUT2D eigenvalue weighted by atomic mass is 9.87. The number of ether oxygens (including phenoxy) is 1. The zero-order valence-electron chi connectivity index (χ0n) is 16.6. The average molecular weight is 348 g/mol. The van der Waals surface area contributed by atoms with Crippen molar-refractivity contribution in [3.05, 3.63) is 59.2 Å². The van der Waals surface area contributed by atoms with E-state index in [-0.39, 0.29) is 5.54 Å². The van der Waals surface area contributed by atoms with Gasteiger partial charge in [-0.05, 0) is 75.6 Å². The van der Waals surface area contributed by atoms with Gasteiger partial charge < -0.3 is 9.64 Å². The Morgan fingerprint density at radius 3 is 2.62 bits per heavy atom. The van der Waals surface area contributed by atoms with Crippen molar-refractivity contribution in [2.45, 2.75) is 40.2 Å². The largest absolute Gasteiger partial charge is 0.492 e. The third-order valence-corrected chi connectivity index (χ3v) is 5.11. The van der Waals surface area contributed by atoms with Gasteiger partial charge in [0, 0.05) is 24.5 Å². The molecule has 0 amide bonds. The first-order valence-electron chi connectivity index (χ1n) is 9.17. The lowest BCUT2D eigenvalue weighted by Gasteiger charge is -2.41. The van der Waals surface area contributed by atoms with Crippen LogP contribution in [-0.4, -0.2) is 25.4 Å². The SMILES string of the molecule is CCOc1ccccc1N=Cc1cc2c(cc1C)N(C)C(C)(C)C=C2C. The van der Waals surface area contributed by atoms with Gasteiger partial charge in [-0.25, -0.2) is 0 Å². The smallest absolute Gasteiger partial charge is 0.144 e. The molecule has 0 aliphatic carbocycles. The lowest BCUT2D eigenvalue weighted by molar-refractivity contribution is 0.341. The van der Waals surface area contributed by atoms with E-state index >= 15 is 0 Å². The van der Waals surface area contributed by atoms with Gasteiger partial charge in [0.05, 0.1) is 12.1 Å². The molecule has 0 atom stereocenters. The van der Waals surface area contributed by atoms with Crippen LogP contribution in [0.1, 0.15) is 44.4 Å². The van der Waals surface area contributed by atoms with Gasteiger partial charge in [-0.15, -0.1) is 0 Å². The quantitative estimate of drug-likeness (QED) is 0.655. The van der Waals surface area contributed by atoms with E-state index in [1.165, 1.54) is 22.4 Å². The van der Waals surface area contributed by atoms with Gasteiger partial charge in [-0.2, -0.15) is 0 Å². The van der Waals surface area contributed by atoms with Crippen LogP contribution in [0.5, 0.6) is 5.75 Å². The van der Waals surface area contributed by atoms with E-state index in [9.17, 15) is 0 Å². The number of hydrogen-bond donors (Lipinski definition) is 0. The van der Waals surface area contributed by atoms with Gasteiger partial charge in [-0.3, -0.25) is 4.99 Å². The fraction of sp³-hybridized carbons (Fsp3) is 0.348. The molecule has 0 bridgehead atoms. The van der Waals surface area contributed by atoms with E-state index < -0.39 is 0 Å². The van der Waals surface area contributed by atoms with E-state index in [0.717, 1.165) is 17.0 Å². The Balaban J connectivity index is 2.00. The second kappa shape index (κ2) is 6.99. The standard InChI is InChI=1S/C23H28N2O/c1-7-26-22-11-9-8-10-20(22)24-15-18-13-19-17(3)14-23(4,5)25(6)21(19)12-16(18)2/h8-15H,7H2,1-6H3. The average Bonchev–Trinajstić information content (AvgIpc) is 2.59. The highest BCUT2D eigenvalue weighted by atomic mass is 16.5. The summed E-state index contributed by atoms with van der Waals surface area (Å²) in [6.45, 7) is 11.4. The molecule has 0 unspecified atom stereocenters. The highest BCUT2D eigenvalue weighted by Gasteiger charge is 2.28.